The van der Waals surface area contributed by atoms with E-state index in [1.807, 2.05) is 17.7 Å². The number of hydrogen-bond acceptors (Lipinski definition) is 3. The van der Waals surface area contributed by atoms with Crippen LogP contribution in [0.15, 0.2) is 29.1 Å². The summed E-state index contributed by atoms with van der Waals surface area (Å²) in [4.78, 5) is 0. The molecule has 1 unspecified atom stereocenters. The van der Waals surface area contributed by atoms with Crippen LogP contribution < -0.4 is 5.73 Å². The molecule has 0 saturated heterocycles. The van der Waals surface area contributed by atoms with Gasteiger partial charge in [-0.05, 0) is 26.0 Å². The van der Waals surface area contributed by atoms with Gasteiger partial charge in [0.05, 0.1) is 18.2 Å². The van der Waals surface area contributed by atoms with Crippen molar-refractivity contribution in [1.29, 1.82) is 0 Å². The molecule has 4 heteroatoms. The number of rotatable bonds is 4. The summed E-state index contributed by atoms with van der Waals surface area (Å²) in [5.41, 5.74) is 9.35. The molecule has 2 heterocycles. The van der Waals surface area contributed by atoms with Crippen LogP contribution in [-0.4, -0.2) is 9.78 Å². The van der Waals surface area contributed by atoms with E-state index in [2.05, 4.69) is 18.1 Å². The first-order valence-corrected chi connectivity index (χ1v) is 5.51. The number of aryl methyl sites for hydroxylation is 2. The molecule has 4 nitrogen and oxygen atoms in total. The molecule has 1 atom stereocenters. The van der Waals surface area contributed by atoms with Gasteiger partial charge in [0, 0.05) is 30.3 Å². The first-order chi connectivity index (χ1) is 7.70. The van der Waals surface area contributed by atoms with Crippen LogP contribution in [0.5, 0.6) is 0 Å². The Morgan fingerprint density at radius 1 is 1.56 bits per heavy atom. The molecule has 0 fully saturated rings. The topological polar surface area (TPSA) is 57.0 Å². The van der Waals surface area contributed by atoms with Crippen LogP contribution in [0.25, 0.3) is 0 Å². The largest absolute Gasteiger partial charge is 0.472 e. The molecule has 0 aliphatic heterocycles. The van der Waals surface area contributed by atoms with E-state index in [9.17, 15) is 0 Å². The molecular weight excluding hydrogens is 202 g/mol. The molecule has 0 radical (unpaired) electrons. The van der Waals surface area contributed by atoms with Crippen molar-refractivity contribution in [2.24, 2.45) is 5.73 Å². The minimum Gasteiger partial charge on any atom is -0.472 e. The van der Waals surface area contributed by atoms with Crippen LogP contribution in [-0.2, 0) is 13.0 Å². The summed E-state index contributed by atoms with van der Waals surface area (Å²) in [5, 5.41) is 4.40. The van der Waals surface area contributed by atoms with Crippen LogP contribution >= 0.6 is 0 Å². The third kappa shape index (κ3) is 2.17. The highest BCUT2D eigenvalue weighted by atomic mass is 16.3. The Balaban J connectivity index is 2.14. The Morgan fingerprint density at radius 3 is 3.00 bits per heavy atom. The van der Waals surface area contributed by atoms with Gasteiger partial charge in [-0.3, -0.25) is 4.68 Å². The van der Waals surface area contributed by atoms with Crippen LogP contribution in [0.1, 0.15) is 29.9 Å². The van der Waals surface area contributed by atoms with Gasteiger partial charge in [0.25, 0.3) is 0 Å². The van der Waals surface area contributed by atoms with Gasteiger partial charge in [-0.2, -0.15) is 5.10 Å². The average Bonchev–Trinajstić information content (AvgIpc) is 2.87. The van der Waals surface area contributed by atoms with E-state index in [1.165, 1.54) is 5.69 Å². The molecule has 86 valence electrons. The van der Waals surface area contributed by atoms with Crippen molar-refractivity contribution in [2.45, 2.75) is 32.9 Å². The molecule has 0 spiro atoms. The van der Waals surface area contributed by atoms with Gasteiger partial charge < -0.3 is 10.2 Å². The van der Waals surface area contributed by atoms with E-state index in [0.717, 1.165) is 24.2 Å². The van der Waals surface area contributed by atoms with Gasteiger partial charge in [-0.25, -0.2) is 0 Å². The second-order valence-electron chi connectivity index (χ2n) is 3.96. The molecule has 2 rings (SSSR count). The minimum absolute atomic E-state index is 0.0276. The predicted molar refractivity (Wildman–Crippen MR) is 62.0 cm³/mol. The van der Waals surface area contributed by atoms with Crippen molar-refractivity contribution >= 4 is 0 Å². The highest BCUT2D eigenvalue weighted by Gasteiger charge is 2.12. The molecule has 0 saturated carbocycles. The van der Waals surface area contributed by atoms with E-state index >= 15 is 0 Å². The van der Waals surface area contributed by atoms with E-state index in [0.29, 0.717) is 0 Å². The smallest absolute Gasteiger partial charge is 0.0950 e. The second-order valence-corrected chi connectivity index (χ2v) is 3.96. The van der Waals surface area contributed by atoms with Crippen molar-refractivity contribution < 1.29 is 4.42 Å². The summed E-state index contributed by atoms with van der Waals surface area (Å²) in [7, 11) is 0. The average molecular weight is 219 g/mol. The number of hydrogen-bond donors (Lipinski definition) is 1. The summed E-state index contributed by atoms with van der Waals surface area (Å²) < 4.78 is 7.03. The zero-order chi connectivity index (χ0) is 11.5. The highest BCUT2D eigenvalue weighted by molar-refractivity contribution is 5.17. The van der Waals surface area contributed by atoms with Crippen LogP contribution in [0.2, 0.25) is 0 Å². The normalized spacial score (nSPS) is 12.9. The van der Waals surface area contributed by atoms with E-state index in [1.54, 1.807) is 12.5 Å². The quantitative estimate of drug-likeness (QED) is 0.856. The van der Waals surface area contributed by atoms with E-state index in [4.69, 9.17) is 10.2 Å². The van der Waals surface area contributed by atoms with Gasteiger partial charge >= 0.3 is 0 Å². The fourth-order valence-corrected chi connectivity index (χ4v) is 1.87. The Morgan fingerprint density at radius 2 is 2.38 bits per heavy atom. The monoisotopic (exact) mass is 219 g/mol. The highest BCUT2D eigenvalue weighted by Crippen LogP contribution is 2.17. The standard InChI is InChI=1S/C12H17N3O/c1-3-15-11(6-9(2)14-15)7-12(13)10-4-5-16-8-10/h4-6,8,12H,3,7,13H2,1-2H3. The summed E-state index contributed by atoms with van der Waals surface area (Å²) in [6.07, 6.45) is 4.13. The predicted octanol–water partition coefficient (Wildman–Crippen LogP) is 2.05. The maximum absolute atomic E-state index is 6.10. The molecule has 0 aliphatic rings. The zero-order valence-corrected chi connectivity index (χ0v) is 9.68. The Bertz CT molecular complexity index is 445. The summed E-state index contributed by atoms with van der Waals surface area (Å²) in [6.45, 7) is 4.96. The molecule has 2 aromatic heterocycles. The molecule has 0 aliphatic carbocycles. The first kappa shape index (κ1) is 11.0. The lowest BCUT2D eigenvalue weighted by atomic mass is 10.1. The Labute approximate surface area is 95.1 Å². The third-order valence-electron chi connectivity index (χ3n) is 2.69. The molecule has 0 amide bonds. The van der Waals surface area contributed by atoms with Crippen molar-refractivity contribution in [3.05, 3.63) is 41.6 Å². The van der Waals surface area contributed by atoms with Gasteiger partial charge in [0.15, 0.2) is 0 Å². The fourth-order valence-electron chi connectivity index (χ4n) is 1.87. The summed E-state index contributed by atoms with van der Waals surface area (Å²) in [5.74, 6) is 0. The van der Waals surface area contributed by atoms with Crippen molar-refractivity contribution in [1.82, 2.24) is 9.78 Å². The van der Waals surface area contributed by atoms with Gasteiger partial charge in [0.2, 0.25) is 0 Å². The lowest BCUT2D eigenvalue weighted by molar-refractivity contribution is 0.552. The Hall–Kier alpha value is -1.55. The molecule has 16 heavy (non-hydrogen) atoms. The third-order valence-corrected chi connectivity index (χ3v) is 2.69. The number of nitrogens with two attached hydrogens (primary N) is 1. The Kier molecular flexibility index (Phi) is 3.10. The molecule has 0 aromatic carbocycles. The van der Waals surface area contributed by atoms with E-state index in [-0.39, 0.29) is 6.04 Å². The SMILES string of the molecule is CCn1nc(C)cc1CC(N)c1ccoc1. The second kappa shape index (κ2) is 4.53. The maximum Gasteiger partial charge on any atom is 0.0950 e. The zero-order valence-electron chi connectivity index (χ0n) is 9.68. The van der Waals surface area contributed by atoms with E-state index < -0.39 is 0 Å². The molecule has 0 bridgehead atoms. The summed E-state index contributed by atoms with van der Waals surface area (Å²) in [6, 6.07) is 3.97. The molecule has 2 N–H and O–H groups in total. The lowest BCUT2D eigenvalue weighted by Gasteiger charge is -2.10. The summed E-state index contributed by atoms with van der Waals surface area (Å²) >= 11 is 0. The maximum atomic E-state index is 6.10. The minimum atomic E-state index is -0.0276. The van der Waals surface area contributed by atoms with Gasteiger partial charge in [-0.15, -0.1) is 0 Å². The van der Waals surface area contributed by atoms with Crippen LogP contribution in [0, 0.1) is 6.92 Å². The first-order valence-electron chi connectivity index (χ1n) is 5.51. The molecular formula is C12H17N3O. The number of furan rings is 1. The van der Waals surface area contributed by atoms with Gasteiger partial charge in [0.1, 0.15) is 0 Å². The fraction of sp³-hybridized carbons (Fsp3) is 0.417. The molecule has 2 aromatic rings. The van der Waals surface area contributed by atoms with Crippen LogP contribution in [0.4, 0.5) is 0 Å². The van der Waals surface area contributed by atoms with Gasteiger partial charge in [-0.1, -0.05) is 0 Å². The number of aromatic nitrogens is 2. The van der Waals surface area contributed by atoms with Crippen LogP contribution in [0.3, 0.4) is 0 Å². The van der Waals surface area contributed by atoms with Crippen molar-refractivity contribution in [3.8, 4) is 0 Å². The van der Waals surface area contributed by atoms with Crippen molar-refractivity contribution in [2.75, 3.05) is 0 Å². The van der Waals surface area contributed by atoms with Crippen molar-refractivity contribution in [3.63, 3.8) is 0 Å². The number of nitrogens with zero attached hydrogens (tertiary/aromatic N) is 2. The lowest BCUT2D eigenvalue weighted by Crippen LogP contribution is -2.15.